The van der Waals surface area contributed by atoms with Crippen molar-refractivity contribution in [2.24, 2.45) is 0 Å². The van der Waals surface area contributed by atoms with Crippen molar-refractivity contribution >= 4 is 11.7 Å². The SMILES string of the molecule is CCNCCc1cc(C(=O)CCC(=O)N2CCC(c3ccc(OC)cc3)CC2)ccc1C. The maximum Gasteiger partial charge on any atom is 0.223 e. The second-order valence-electron chi connectivity index (χ2n) is 8.60. The van der Waals surface area contributed by atoms with Crippen LogP contribution in [0.5, 0.6) is 5.75 Å². The highest BCUT2D eigenvalue weighted by Crippen LogP contribution is 2.29. The number of hydrogen-bond acceptors (Lipinski definition) is 4. The van der Waals surface area contributed by atoms with E-state index in [1.54, 1.807) is 7.11 Å². The molecular weight excluding hydrogens is 400 g/mol. The number of ketones is 1. The van der Waals surface area contributed by atoms with Gasteiger partial charge in [-0.25, -0.2) is 0 Å². The Morgan fingerprint density at radius 1 is 1.06 bits per heavy atom. The summed E-state index contributed by atoms with van der Waals surface area (Å²) in [5, 5.41) is 3.33. The van der Waals surface area contributed by atoms with Gasteiger partial charge in [0, 0.05) is 31.5 Å². The van der Waals surface area contributed by atoms with Crippen molar-refractivity contribution in [2.45, 2.75) is 51.9 Å². The predicted octanol–water partition coefficient (Wildman–Crippen LogP) is 4.52. The molecule has 172 valence electrons. The van der Waals surface area contributed by atoms with Gasteiger partial charge in [-0.1, -0.05) is 31.2 Å². The van der Waals surface area contributed by atoms with E-state index in [0.717, 1.165) is 51.2 Å². The molecule has 0 saturated carbocycles. The Morgan fingerprint density at radius 2 is 1.78 bits per heavy atom. The average molecular weight is 437 g/mol. The van der Waals surface area contributed by atoms with Crippen LogP contribution in [0.25, 0.3) is 0 Å². The van der Waals surface area contributed by atoms with E-state index in [4.69, 9.17) is 4.74 Å². The zero-order valence-electron chi connectivity index (χ0n) is 19.7. The molecule has 32 heavy (non-hydrogen) atoms. The van der Waals surface area contributed by atoms with Crippen molar-refractivity contribution in [1.29, 1.82) is 0 Å². The molecule has 0 aliphatic carbocycles. The van der Waals surface area contributed by atoms with Crippen LogP contribution in [0.2, 0.25) is 0 Å². The molecule has 0 atom stereocenters. The van der Waals surface area contributed by atoms with E-state index < -0.39 is 0 Å². The second-order valence-corrected chi connectivity index (χ2v) is 8.60. The van der Waals surface area contributed by atoms with Crippen molar-refractivity contribution < 1.29 is 14.3 Å². The maximum atomic E-state index is 12.7. The van der Waals surface area contributed by atoms with Gasteiger partial charge < -0.3 is 15.0 Å². The Hall–Kier alpha value is -2.66. The van der Waals surface area contributed by atoms with Gasteiger partial charge >= 0.3 is 0 Å². The Balaban J connectivity index is 1.47. The lowest BCUT2D eigenvalue weighted by atomic mass is 9.89. The van der Waals surface area contributed by atoms with E-state index >= 15 is 0 Å². The summed E-state index contributed by atoms with van der Waals surface area (Å²) in [4.78, 5) is 27.3. The molecule has 1 amide bonds. The third-order valence-electron chi connectivity index (χ3n) is 6.49. The molecule has 1 fully saturated rings. The summed E-state index contributed by atoms with van der Waals surface area (Å²) in [5.74, 6) is 1.48. The van der Waals surface area contributed by atoms with E-state index in [0.29, 0.717) is 11.5 Å². The molecule has 1 aliphatic heterocycles. The number of ether oxygens (including phenoxy) is 1. The predicted molar refractivity (Wildman–Crippen MR) is 129 cm³/mol. The first kappa shape index (κ1) is 24.0. The van der Waals surface area contributed by atoms with Gasteiger partial charge in [0.15, 0.2) is 5.78 Å². The van der Waals surface area contributed by atoms with Crippen molar-refractivity contribution in [2.75, 3.05) is 33.3 Å². The number of likely N-dealkylation sites (tertiary alicyclic amines) is 1. The number of piperidine rings is 1. The van der Waals surface area contributed by atoms with Gasteiger partial charge in [0.2, 0.25) is 5.91 Å². The average Bonchev–Trinajstić information content (AvgIpc) is 2.83. The second kappa shape index (κ2) is 11.8. The first-order chi connectivity index (χ1) is 15.5. The van der Waals surface area contributed by atoms with Crippen LogP contribution >= 0.6 is 0 Å². The zero-order chi connectivity index (χ0) is 22.9. The summed E-state index contributed by atoms with van der Waals surface area (Å²) in [6, 6.07) is 14.1. The van der Waals surface area contributed by atoms with Crippen LogP contribution in [0.3, 0.4) is 0 Å². The molecule has 1 N–H and O–H groups in total. The van der Waals surface area contributed by atoms with E-state index in [1.165, 1.54) is 16.7 Å². The molecule has 0 aromatic heterocycles. The minimum Gasteiger partial charge on any atom is -0.497 e. The van der Waals surface area contributed by atoms with Crippen LogP contribution < -0.4 is 10.1 Å². The number of nitrogens with zero attached hydrogens (tertiary/aromatic N) is 1. The summed E-state index contributed by atoms with van der Waals surface area (Å²) in [6.07, 6.45) is 3.38. The highest BCUT2D eigenvalue weighted by atomic mass is 16.5. The number of rotatable bonds is 10. The van der Waals surface area contributed by atoms with Crippen LogP contribution in [0, 0.1) is 6.92 Å². The van der Waals surface area contributed by atoms with Gasteiger partial charge in [-0.3, -0.25) is 9.59 Å². The number of carbonyl (C=O) groups is 2. The molecule has 2 aromatic carbocycles. The van der Waals surface area contributed by atoms with Crippen molar-refractivity contribution in [3.8, 4) is 5.75 Å². The molecule has 5 nitrogen and oxygen atoms in total. The molecule has 1 aliphatic rings. The summed E-state index contributed by atoms with van der Waals surface area (Å²) in [7, 11) is 1.67. The Bertz CT molecular complexity index is 900. The number of likely N-dealkylation sites (N-methyl/N-ethyl adjacent to an activating group) is 1. The van der Waals surface area contributed by atoms with Crippen molar-refractivity contribution in [3.05, 3.63) is 64.7 Å². The van der Waals surface area contributed by atoms with Crippen LogP contribution in [-0.4, -0.2) is 49.9 Å². The molecule has 1 saturated heterocycles. The highest BCUT2D eigenvalue weighted by Gasteiger charge is 2.24. The minimum atomic E-state index is 0.0520. The van der Waals surface area contributed by atoms with Crippen LogP contribution in [0.1, 0.15) is 65.6 Å². The first-order valence-corrected chi connectivity index (χ1v) is 11.8. The molecular formula is C27H36N2O3. The van der Waals surface area contributed by atoms with Gasteiger partial charge in [0.1, 0.15) is 5.75 Å². The van der Waals surface area contributed by atoms with Crippen molar-refractivity contribution in [1.82, 2.24) is 10.2 Å². The van der Waals surface area contributed by atoms with Gasteiger partial charge in [-0.2, -0.15) is 0 Å². The van der Waals surface area contributed by atoms with Gasteiger partial charge in [-0.05, 0) is 80.1 Å². The topological polar surface area (TPSA) is 58.6 Å². The molecule has 1 heterocycles. The molecule has 3 rings (SSSR count). The molecule has 0 radical (unpaired) electrons. The normalized spacial score (nSPS) is 14.4. The number of benzene rings is 2. The molecule has 0 unspecified atom stereocenters. The molecule has 0 bridgehead atoms. The van der Waals surface area contributed by atoms with Gasteiger partial charge in [-0.15, -0.1) is 0 Å². The molecule has 0 spiro atoms. The number of methoxy groups -OCH3 is 1. The van der Waals surface area contributed by atoms with Crippen LogP contribution in [0.4, 0.5) is 0 Å². The van der Waals surface area contributed by atoms with Gasteiger partial charge in [0.25, 0.3) is 0 Å². The Morgan fingerprint density at radius 3 is 2.44 bits per heavy atom. The summed E-state index contributed by atoms with van der Waals surface area (Å²) in [6.45, 7) is 7.52. The Labute approximate surface area is 192 Å². The quantitative estimate of drug-likeness (QED) is 0.439. The maximum absolute atomic E-state index is 12.7. The number of amides is 1. The summed E-state index contributed by atoms with van der Waals surface area (Å²) < 4.78 is 5.23. The largest absolute Gasteiger partial charge is 0.497 e. The number of carbonyl (C=O) groups excluding carboxylic acids is 2. The zero-order valence-corrected chi connectivity index (χ0v) is 19.7. The number of hydrogen-bond donors (Lipinski definition) is 1. The Kier molecular flexibility index (Phi) is 8.86. The lowest BCUT2D eigenvalue weighted by molar-refractivity contribution is -0.132. The van der Waals surface area contributed by atoms with E-state index in [1.807, 2.05) is 35.2 Å². The minimum absolute atomic E-state index is 0.0520. The first-order valence-electron chi connectivity index (χ1n) is 11.8. The molecule has 2 aromatic rings. The van der Waals surface area contributed by atoms with Gasteiger partial charge in [0.05, 0.1) is 7.11 Å². The van der Waals surface area contributed by atoms with Crippen molar-refractivity contribution in [3.63, 3.8) is 0 Å². The van der Waals surface area contributed by atoms with E-state index in [9.17, 15) is 9.59 Å². The van der Waals surface area contributed by atoms with Crippen LogP contribution in [-0.2, 0) is 11.2 Å². The lowest BCUT2D eigenvalue weighted by Crippen LogP contribution is -2.38. The molecule has 5 heteroatoms. The fraction of sp³-hybridized carbons (Fsp3) is 0.481. The smallest absolute Gasteiger partial charge is 0.223 e. The number of nitrogens with one attached hydrogen (secondary N) is 1. The summed E-state index contributed by atoms with van der Waals surface area (Å²) >= 11 is 0. The monoisotopic (exact) mass is 436 g/mol. The fourth-order valence-electron chi connectivity index (χ4n) is 4.38. The van der Waals surface area contributed by atoms with E-state index in [2.05, 4.69) is 31.3 Å². The summed E-state index contributed by atoms with van der Waals surface area (Å²) in [5.41, 5.74) is 4.42. The van der Waals surface area contributed by atoms with Crippen LogP contribution in [0.15, 0.2) is 42.5 Å². The van der Waals surface area contributed by atoms with E-state index in [-0.39, 0.29) is 24.5 Å². The third-order valence-corrected chi connectivity index (χ3v) is 6.49. The lowest BCUT2D eigenvalue weighted by Gasteiger charge is -2.32. The standard InChI is InChI=1S/C27H36N2O3/c1-4-28-16-13-23-19-24(6-5-20(23)2)26(30)11-12-27(31)29-17-14-22(15-18-29)21-7-9-25(32-3)10-8-21/h5-10,19,22,28H,4,11-18H2,1-3H3. The highest BCUT2D eigenvalue weighted by molar-refractivity contribution is 5.98. The third kappa shape index (κ3) is 6.42. The number of aryl methyl sites for hydroxylation is 1. The fourth-order valence-corrected chi connectivity index (χ4v) is 4.38. The number of Topliss-reactive ketones (excluding diaryl/α,β-unsaturated/α-hetero) is 1.